The minimum absolute atomic E-state index is 0.289. The van der Waals surface area contributed by atoms with Crippen LogP contribution in [0, 0.1) is 0 Å². The van der Waals surface area contributed by atoms with Crippen molar-refractivity contribution in [1.29, 1.82) is 0 Å². The molecule has 0 bridgehead atoms. The minimum atomic E-state index is -0.339. The highest BCUT2D eigenvalue weighted by molar-refractivity contribution is 9.10. The fourth-order valence-corrected chi connectivity index (χ4v) is 2.48. The predicted molar refractivity (Wildman–Crippen MR) is 84.7 cm³/mol. The van der Waals surface area contributed by atoms with Crippen LogP contribution in [-0.2, 0) is 6.42 Å². The Kier molecular flexibility index (Phi) is 5.61. The molecule has 114 valence electrons. The highest BCUT2D eigenvalue weighted by Gasteiger charge is 2.18. The lowest BCUT2D eigenvalue weighted by Crippen LogP contribution is -2.24. The van der Waals surface area contributed by atoms with Gasteiger partial charge in [0.2, 0.25) is 0 Å². The second kappa shape index (κ2) is 7.24. The Morgan fingerprint density at radius 1 is 1.43 bits per heavy atom. The molecule has 2 atom stereocenters. The van der Waals surface area contributed by atoms with Crippen molar-refractivity contribution in [3.8, 4) is 5.75 Å². The normalized spacial score (nSPS) is 14.0. The van der Waals surface area contributed by atoms with Gasteiger partial charge in [-0.15, -0.1) is 0 Å². The molecule has 0 saturated carbocycles. The van der Waals surface area contributed by atoms with Crippen LogP contribution in [0.5, 0.6) is 5.75 Å². The van der Waals surface area contributed by atoms with Crippen molar-refractivity contribution in [3.63, 3.8) is 0 Å². The SMILES string of the molecule is CNC(C)Cc1noc(C(C)Oc2ccc(Cl)cc2Br)n1. The third-order valence-corrected chi connectivity index (χ3v) is 3.87. The van der Waals surface area contributed by atoms with Gasteiger partial charge in [0.25, 0.3) is 5.89 Å². The molecule has 5 nitrogen and oxygen atoms in total. The lowest BCUT2D eigenvalue weighted by molar-refractivity contribution is 0.174. The Morgan fingerprint density at radius 2 is 2.19 bits per heavy atom. The maximum atomic E-state index is 5.90. The van der Waals surface area contributed by atoms with Gasteiger partial charge >= 0.3 is 0 Å². The van der Waals surface area contributed by atoms with Crippen LogP contribution in [-0.4, -0.2) is 23.2 Å². The molecule has 1 aromatic carbocycles. The van der Waals surface area contributed by atoms with E-state index in [1.807, 2.05) is 14.0 Å². The zero-order valence-electron chi connectivity index (χ0n) is 12.1. The van der Waals surface area contributed by atoms with Gasteiger partial charge in [-0.05, 0) is 55.0 Å². The van der Waals surface area contributed by atoms with Gasteiger partial charge in [-0.1, -0.05) is 16.8 Å². The van der Waals surface area contributed by atoms with Gasteiger partial charge in [0.15, 0.2) is 11.9 Å². The smallest absolute Gasteiger partial charge is 0.267 e. The molecule has 21 heavy (non-hydrogen) atoms. The zero-order valence-corrected chi connectivity index (χ0v) is 14.4. The van der Waals surface area contributed by atoms with Crippen molar-refractivity contribution in [3.05, 3.63) is 39.4 Å². The molecular weight excluding hydrogens is 358 g/mol. The third-order valence-electron chi connectivity index (χ3n) is 3.01. The van der Waals surface area contributed by atoms with Crippen molar-refractivity contribution in [2.45, 2.75) is 32.4 Å². The summed E-state index contributed by atoms with van der Waals surface area (Å²) in [5.41, 5.74) is 0. The Hall–Kier alpha value is -1.11. The topological polar surface area (TPSA) is 60.2 Å². The summed E-state index contributed by atoms with van der Waals surface area (Å²) in [5.74, 6) is 1.79. The Morgan fingerprint density at radius 3 is 2.86 bits per heavy atom. The first kappa shape index (κ1) is 16.3. The largest absolute Gasteiger partial charge is 0.480 e. The van der Waals surface area contributed by atoms with Crippen molar-refractivity contribution in [1.82, 2.24) is 15.5 Å². The maximum Gasteiger partial charge on any atom is 0.267 e. The van der Waals surface area contributed by atoms with E-state index in [1.165, 1.54) is 0 Å². The molecule has 1 N–H and O–H groups in total. The van der Waals surface area contributed by atoms with Crippen LogP contribution in [0.3, 0.4) is 0 Å². The van der Waals surface area contributed by atoms with Gasteiger partial charge in [-0.3, -0.25) is 0 Å². The van der Waals surface area contributed by atoms with Crippen LogP contribution in [0.2, 0.25) is 5.02 Å². The number of rotatable bonds is 6. The van der Waals surface area contributed by atoms with Crippen molar-refractivity contribution < 1.29 is 9.26 Å². The highest BCUT2D eigenvalue weighted by atomic mass is 79.9. The standard InChI is InChI=1S/C14H17BrClN3O2/c1-8(17-3)6-13-18-14(21-19-13)9(2)20-12-5-4-10(16)7-11(12)15/h4-5,7-9,17H,6H2,1-3H3. The summed E-state index contributed by atoms with van der Waals surface area (Å²) in [6.45, 7) is 3.92. The molecule has 0 fully saturated rings. The van der Waals surface area contributed by atoms with E-state index in [0.29, 0.717) is 28.9 Å². The first-order valence-corrected chi connectivity index (χ1v) is 7.78. The number of benzene rings is 1. The average Bonchev–Trinajstić information content (AvgIpc) is 2.90. The summed E-state index contributed by atoms with van der Waals surface area (Å²) < 4.78 is 11.8. The number of nitrogens with one attached hydrogen (secondary N) is 1. The van der Waals surface area contributed by atoms with Crippen molar-refractivity contribution in [2.24, 2.45) is 0 Å². The van der Waals surface area contributed by atoms with Gasteiger partial charge < -0.3 is 14.6 Å². The van der Waals surface area contributed by atoms with Gasteiger partial charge in [0, 0.05) is 17.5 Å². The summed E-state index contributed by atoms with van der Waals surface area (Å²) >= 11 is 9.31. The minimum Gasteiger partial charge on any atom is -0.480 e. The molecule has 1 heterocycles. The quantitative estimate of drug-likeness (QED) is 0.834. The predicted octanol–water partition coefficient (Wildman–Crippen LogP) is 3.78. The monoisotopic (exact) mass is 373 g/mol. The van der Waals surface area contributed by atoms with E-state index in [2.05, 4.69) is 38.3 Å². The molecule has 0 aliphatic heterocycles. The van der Waals surface area contributed by atoms with E-state index >= 15 is 0 Å². The van der Waals surface area contributed by atoms with E-state index < -0.39 is 0 Å². The fourth-order valence-electron chi connectivity index (χ4n) is 1.70. The average molecular weight is 375 g/mol. The molecule has 0 amide bonds. The summed E-state index contributed by atoms with van der Waals surface area (Å²) in [7, 11) is 1.90. The van der Waals surface area contributed by atoms with Gasteiger partial charge in [0.05, 0.1) is 4.47 Å². The number of nitrogens with zero attached hydrogens (tertiary/aromatic N) is 2. The summed E-state index contributed by atoms with van der Waals surface area (Å²) in [6.07, 6.45) is 0.366. The molecule has 2 unspecified atom stereocenters. The van der Waals surface area contributed by atoms with Crippen molar-refractivity contribution in [2.75, 3.05) is 7.05 Å². The number of aromatic nitrogens is 2. The lowest BCUT2D eigenvalue weighted by Gasteiger charge is -2.12. The van der Waals surface area contributed by atoms with E-state index in [0.717, 1.165) is 4.47 Å². The molecule has 2 rings (SSSR count). The van der Waals surface area contributed by atoms with E-state index in [1.54, 1.807) is 18.2 Å². The first-order chi connectivity index (χ1) is 9.99. The molecule has 7 heteroatoms. The number of halogens is 2. The van der Waals surface area contributed by atoms with Gasteiger partial charge in [0.1, 0.15) is 5.75 Å². The fraction of sp³-hybridized carbons (Fsp3) is 0.429. The number of ether oxygens (including phenoxy) is 1. The van der Waals surface area contributed by atoms with Crippen LogP contribution in [0.15, 0.2) is 27.2 Å². The molecular formula is C14H17BrClN3O2. The summed E-state index contributed by atoms with van der Waals surface area (Å²) in [6, 6.07) is 5.63. The van der Waals surface area contributed by atoms with Gasteiger partial charge in [-0.2, -0.15) is 4.98 Å². The second-order valence-electron chi connectivity index (χ2n) is 4.78. The Balaban J connectivity index is 2.04. The molecule has 0 spiro atoms. The van der Waals surface area contributed by atoms with E-state index in [-0.39, 0.29) is 12.1 Å². The van der Waals surface area contributed by atoms with Gasteiger partial charge in [-0.25, -0.2) is 0 Å². The molecule has 0 aliphatic rings. The van der Waals surface area contributed by atoms with E-state index in [4.69, 9.17) is 20.9 Å². The molecule has 0 aliphatic carbocycles. The van der Waals surface area contributed by atoms with Crippen molar-refractivity contribution >= 4 is 27.5 Å². The summed E-state index contributed by atoms with van der Waals surface area (Å²) in [5, 5.41) is 7.74. The zero-order chi connectivity index (χ0) is 15.4. The van der Waals surface area contributed by atoms with Crippen LogP contribution < -0.4 is 10.1 Å². The Labute approximate surface area is 137 Å². The molecule has 1 aromatic heterocycles. The van der Waals surface area contributed by atoms with Crippen LogP contribution in [0.1, 0.15) is 31.7 Å². The number of likely N-dealkylation sites (N-methyl/N-ethyl adjacent to an activating group) is 1. The maximum absolute atomic E-state index is 5.90. The third kappa shape index (κ3) is 4.43. The molecule has 0 radical (unpaired) electrons. The number of hydrogen-bond acceptors (Lipinski definition) is 5. The summed E-state index contributed by atoms with van der Waals surface area (Å²) in [4.78, 5) is 4.36. The van der Waals surface area contributed by atoms with E-state index in [9.17, 15) is 0 Å². The Bertz CT molecular complexity index is 606. The second-order valence-corrected chi connectivity index (χ2v) is 6.07. The first-order valence-electron chi connectivity index (χ1n) is 6.61. The lowest BCUT2D eigenvalue weighted by atomic mass is 10.2. The molecule has 0 saturated heterocycles. The highest BCUT2D eigenvalue weighted by Crippen LogP contribution is 2.31. The van der Waals surface area contributed by atoms with Crippen LogP contribution in [0.4, 0.5) is 0 Å². The molecule has 2 aromatic rings. The van der Waals surface area contributed by atoms with Crippen LogP contribution >= 0.6 is 27.5 Å². The number of hydrogen-bond donors (Lipinski definition) is 1. The van der Waals surface area contributed by atoms with Crippen LogP contribution in [0.25, 0.3) is 0 Å².